The van der Waals surface area contributed by atoms with Gasteiger partial charge in [0.15, 0.2) is 11.5 Å². The number of carboxylic acid groups (broad SMARTS) is 1. The third-order valence-corrected chi connectivity index (χ3v) is 3.47. The van der Waals surface area contributed by atoms with Crippen molar-refractivity contribution in [2.24, 2.45) is 0 Å². The summed E-state index contributed by atoms with van der Waals surface area (Å²) in [6.45, 7) is 1.87. The molecule has 0 spiro atoms. The molecule has 1 heterocycles. The fourth-order valence-corrected chi connectivity index (χ4v) is 1.97. The van der Waals surface area contributed by atoms with Gasteiger partial charge in [0.2, 0.25) is 0 Å². The minimum atomic E-state index is -1.13. The summed E-state index contributed by atoms with van der Waals surface area (Å²) in [4.78, 5) is 18.6. The Kier molecular flexibility index (Phi) is 5.17. The molecule has 0 bridgehead atoms. The van der Waals surface area contributed by atoms with E-state index >= 15 is 0 Å². The van der Waals surface area contributed by atoms with Gasteiger partial charge in [0.05, 0.1) is 6.61 Å². The summed E-state index contributed by atoms with van der Waals surface area (Å²) in [5.74, 6) is -0.905. The maximum Gasteiger partial charge on any atom is 0.358 e. The number of nitrogens with one attached hydrogen (secondary N) is 1. The van der Waals surface area contributed by atoms with Crippen LogP contribution in [0.3, 0.4) is 0 Å². The number of anilines is 1. The zero-order chi connectivity index (χ0) is 12.8. The number of hydrogen-bond acceptors (Lipinski definition) is 6. The van der Waals surface area contributed by atoms with E-state index in [1.165, 1.54) is 24.2 Å². The first kappa shape index (κ1) is 13.7. The third kappa shape index (κ3) is 3.57. The highest BCUT2D eigenvalue weighted by molar-refractivity contribution is 7.99. The number of aliphatic hydroxyl groups excluding tert-OH is 1. The van der Waals surface area contributed by atoms with E-state index in [9.17, 15) is 4.79 Å². The summed E-state index contributed by atoms with van der Waals surface area (Å²) < 4.78 is 0. The highest BCUT2D eigenvalue weighted by Gasteiger charge is 2.19. The van der Waals surface area contributed by atoms with Crippen molar-refractivity contribution >= 4 is 23.5 Å². The van der Waals surface area contributed by atoms with Gasteiger partial charge >= 0.3 is 5.97 Å². The number of carboxylic acids is 1. The SMILES string of the molecule is CSC(CO)C(C)Nc1nccnc1C(=O)O. The van der Waals surface area contributed by atoms with E-state index in [2.05, 4.69) is 15.3 Å². The number of aliphatic hydroxyl groups is 1. The maximum absolute atomic E-state index is 10.9. The molecule has 2 unspecified atom stereocenters. The molecule has 0 radical (unpaired) electrons. The molecule has 0 fully saturated rings. The third-order valence-electron chi connectivity index (χ3n) is 2.31. The normalized spacial score (nSPS) is 14.1. The second-order valence-corrected chi connectivity index (χ2v) is 4.53. The number of aromatic nitrogens is 2. The molecule has 2 atom stereocenters. The summed E-state index contributed by atoms with van der Waals surface area (Å²) in [7, 11) is 0. The molecule has 7 heteroatoms. The number of carbonyl (C=O) groups is 1. The molecule has 0 aliphatic rings. The zero-order valence-corrected chi connectivity index (χ0v) is 10.4. The molecule has 17 heavy (non-hydrogen) atoms. The smallest absolute Gasteiger partial charge is 0.358 e. The summed E-state index contributed by atoms with van der Waals surface area (Å²) >= 11 is 1.50. The fourth-order valence-electron chi connectivity index (χ4n) is 1.35. The summed E-state index contributed by atoms with van der Waals surface area (Å²) in [5, 5.41) is 21.0. The molecule has 1 aromatic rings. The van der Waals surface area contributed by atoms with Crippen molar-refractivity contribution in [3.05, 3.63) is 18.1 Å². The first-order valence-corrected chi connectivity index (χ1v) is 6.33. The molecule has 0 amide bonds. The largest absolute Gasteiger partial charge is 0.476 e. The van der Waals surface area contributed by atoms with Crippen molar-refractivity contribution in [2.75, 3.05) is 18.2 Å². The van der Waals surface area contributed by atoms with Crippen LogP contribution in [0.5, 0.6) is 0 Å². The van der Waals surface area contributed by atoms with Gasteiger partial charge in [-0.1, -0.05) is 0 Å². The number of aromatic carboxylic acids is 1. The van der Waals surface area contributed by atoms with Crippen molar-refractivity contribution in [3.8, 4) is 0 Å². The van der Waals surface area contributed by atoms with Crippen molar-refractivity contribution in [2.45, 2.75) is 18.2 Å². The highest BCUT2D eigenvalue weighted by Crippen LogP contribution is 2.16. The minimum absolute atomic E-state index is 0.0119. The number of thioether (sulfide) groups is 1. The summed E-state index contributed by atoms with van der Waals surface area (Å²) in [6.07, 6.45) is 4.64. The van der Waals surface area contributed by atoms with Gasteiger partial charge in [-0.2, -0.15) is 11.8 Å². The van der Waals surface area contributed by atoms with Gasteiger partial charge in [-0.15, -0.1) is 0 Å². The van der Waals surface area contributed by atoms with Crippen LogP contribution in [0.15, 0.2) is 12.4 Å². The van der Waals surface area contributed by atoms with E-state index in [1.54, 1.807) is 0 Å². The predicted molar refractivity (Wildman–Crippen MR) is 66.5 cm³/mol. The van der Waals surface area contributed by atoms with Gasteiger partial charge in [0.1, 0.15) is 0 Å². The lowest BCUT2D eigenvalue weighted by Crippen LogP contribution is -2.32. The topological polar surface area (TPSA) is 95.3 Å². The molecule has 0 saturated carbocycles. The molecular formula is C10H15N3O3S. The molecule has 6 nitrogen and oxygen atoms in total. The Balaban J connectivity index is 2.84. The Morgan fingerprint density at radius 1 is 1.53 bits per heavy atom. The molecule has 3 N–H and O–H groups in total. The van der Waals surface area contributed by atoms with Crippen LogP contribution < -0.4 is 5.32 Å². The van der Waals surface area contributed by atoms with Crippen LogP contribution in [0.4, 0.5) is 5.82 Å². The Hall–Kier alpha value is -1.34. The molecular weight excluding hydrogens is 242 g/mol. The van der Waals surface area contributed by atoms with Crippen LogP contribution >= 0.6 is 11.8 Å². The minimum Gasteiger partial charge on any atom is -0.476 e. The van der Waals surface area contributed by atoms with Gasteiger partial charge in [0.25, 0.3) is 0 Å². The molecule has 0 aliphatic heterocycles. The van der Waals surface area contributed by atoms with Crippen LogP contribution in [0.25, 0.3) is 0 Å². The predicted octanol–water partition coefficient (Wildman–Crippen LogP) is 0.699. The lowest BCUT2D eigenvalue weighted by atomic mass is 10.2. The average molecular weight is 257 g/mol. The van der Waals surface area contributed by atoms with Gasteiger partial charge in [-0.25, -0.2) is 14.8 Å². The van der Waals surface area contributed by atoms with Crippen LogP contribution in [0, 0.1) is 0 Å². The van der Waals surface area contributed by atoms with Crippen LogP contribution in [-0.4, -0.2) is 50.3 Å². The standard InChI is InChI=1S/C10H15N3O3S/c1-6(7(5-14)17-2)13-9-8(10(15)16)11-3-4-12-9/h3-4,6-7,14H,5H2,1-2H3,(H,12,13)(H,15,16). The first-order chi connectivity index (χ1) is 8.10. The van der Waals surface area contributed by atoms with Crippen molar-refractivity contribution in [3.63, 3.8) is 0 Å². The van der Waals surface area contributed by atoms with E-state index in [-0.39, 0.29) is 29.4 Å². The van der Waals surface area contributed by atoms with Crippen molar-refractivity contribution in [1.29, 1.82) is 0 Å². The quantitative estimate of drug-likeness (QED) is 0.690. The van der Waals surface area contributed by atoms with E-state index < -0.39 is 5.97 Å². The fraction of sp³-hybridized carbons (Fsp3) is 0.500. The van der Waals surface area contributed by atoms with Gasteiger partial charge in [0, 0.05) is 23.7 Å². The number of hydrogen-bond donors (Lipinski definition) is 3. The number of rotatable bonds is 6. The van der Waals surface area contributed by atoms with Crippen molar-refractivity contribution < 1.29 is 15.0 Å². The van der Waals surface area contributed by atoms with Crippen LogP contribution in [0.2, 0.25) is 0 Å². The van der Waals surface area contributed by atoms with Gasteiger partial charge in [-0.3, -0.25) is 0 Å². The van der Waals surface area contributed by atoms with Crippen molar-refractivity contribution in [1.82, 2.24) is 9.97 Å². The Bertz CT molecular complexity index is 385. The zero-order valence-electron chi connectivity index (χ0n) is 9.62. The molecule has 0 aromatic carbocycles. The summed E-state index contributed by atoms with van der Waals surface area (Å²) in [5.41, 5.74) is -0.114. The van der Waals surface area contributed by atoms with Crippen LogP contribution in [0.1, 0.15) is 17.4 Å². The van der Waals surface area contributed by atoms with Crippen LogP contribution in [-0.2, 0) is 0 Å². The lowest BCUT2D eigenvalue weighted by molar-refractivity contribution is 0.0691. The maximum atomic E-state index is 10.9. The molecule has 0 aliphatic carbocycles. The monoisotopic (exact) mass is 257 g/mol. The number of nitrogens with zero attached hydrogens (tertiary/aromatic N) is 2. The first-order valence-electron chi connectivity index (χ1n) is 5.04. The summed E-state index contributed by atoms with van der Waals surface area (Å²) in [6, 6.07) is -0.107. The van der Waals surface area contributed by atoms with E-state index in [4.69, 9.17) is 10.2 Å². The Morgan fingerprint density at radius 2 is 2.18 bits per heavy atom. The average Bonchev–Trinajstić information content (AvgIpc) is 2.31. The van der Waals surface area contributed by atoms with E-state index in [0.29, 0.717) is 0 Å². The van der Waals surface area contributed by atoms with E-state index in [1.807, 2.05) is 13.2 Å². The Labute approximate surface area is 103 Å². The molecule has 0 saturated heterocycles. The highest BCUT2D eigenvalue weighted by atomic mass is 32.2. The lowest BCUT2D eigenvalue weighted by Gasteiger charge is -2.22. The van der Waals surface area contributed by atoms with E-state index in [0.717, 1.165) is 0 Å². The second-order valence-electron chi connectivity index (χ2n) is 3.45. The molecule has 1 rings (SSSR count). The second kappa shape index (κ2) is 6.41. The van der Waals surface area contributed by atoms with Gasteiger partial charge in [-0.05, 0) is 13.2 Å². The Morgan fingerprint density at radius 3 is 2.71 bits per heavy atom. The molecule has 1 aromatic heterocycles. The molecule has 94 valence electrons. The van der Waals surface area contributed by atoms with Gasteiger partial charge < -0.3 is 15.5 Å².